The summed E-state index contributed by atoms with van der Waals surface area (Å²) in [5.74, 6) is 1.05. The summed E-state index contributed by atoms with van der Waals surface area (Å²) in [6.07, 6.45) is 6.20. The topological polar surface area (TPSA) is 109 Å². The van der Waals surface area contributed by atoms with Crippen LogP contribution in [0, 0.1) is 45.8 Å². The van der Waals surface area contributed by atoms with Gasteiger partial charge in [-0.2, -0.15) is 5.26 Å². The molecule has 28 heavy (non-hydrogen) atoms. The van der Waals surface area contributed by atoms with Crippen molar-refractivity contribution in [2.24, 2.45) is 45.4 Å². The van der Waals surface area contributed by atoms with Gasteiger partial charge in [-0.3, -0.25) is 4.79 Å². The van der Waals surface area contributed by atoms with Crippen LogP contribution in [0.4, 0.5) is 0 Å². The first kappa shape index (κ1) is 19.8. The Balaban J connectivity index is 1.66. The van der Waals surface area contributed by atoms with Crippen LogP contribution in [-0.2, 0) is 9.63 Å². The number of hydrogen-bond donors (Lipinski definition) is 2. The zero-order chi connectivity index (χ0) is 20.2. The molecule has 4 aliphatic rings. The van der Waals surface area contributed by atoms with Crippen LogP contribution in [-0.4, -0.2) is 35.4 Å². The highest BCUT2D eigenvalue weighted by Gasteiger charge is 2.67. The van der Waals surface area contributed by atoms with Crippen molar-refractivity contribution in [3.8, 4) is 6.07 Å². The zero-order valence-electron chi connectivity index (χ0n) is 17.1. The van der Waals surface area contributed by atoms with E-state index >= 15 is 0 Å². The van der Waals surface area contributed by atoms with Gasteiger partial charge in [0.15, 0.2) is 0 Å². The Morgan fingerprint density at radius 3 is 2.79 bits per heavy atom. The molecule has 6 heteroatoms. The molecule has 3 N–H and O–H groups in total. The number of carbonyl (C=O) groups is 1. The number of nitrogens with zero attached hydrogens (tertiary/aromatic N) is 2. The zero-order valence-corrected chi connectivity index (χ0v) is 17.1. The lowest BCUT2D eigenvalue weighted by molar-refractivity contribution is -0.206. The predicted molar refractivity (Wildman–Crippen MR) is 105 cm³/mol. The Morgan fingerprint density at radius 2 is 2.07 bits per heavy atom. The monoisotopic (exact) mass is 387 g/mol. The molecular formula is C22H33N3O3. The number of ketones is 1. The summed E-state index contributed by atoms with van der Waals surface area (Å²) in [6, 6.07) is 2.44. The van der Waals surface area contributed by atoms with E-state index in [2.05, 4.69) is 25.1 Å². The molecule has 4 rings (SSSR count). The van der Waals surface area contributed by atoms with Gasteiger partial charge in [-0.25, -0.2) is 0 Å². The van der Waals surface area contributed by atoms with Crippen molar-refractivity contribution < 1.29 is 14.7 Å². The van der Waals surface area contributed by atoms with Gasteiger partial charge in [-0.1, -0.05) is 19.0 Å². The Bertz CT molecular complexity index is 731. The lowest BCUT2D eigenvalue weighted by atomic mass is 9.41. The van der Waals surface area contributed by atoms with Crippen LogP contribution in [0.2, 0.25) is 0 Å². The summed E-state index contributed by atoms with van der Waals surface area (Å²) in [7, 11) is 0. The van der Waals surface area contributed by atoms with E-state index in [1.165, 1.54) is 0 Å². The van der Waals surface area contributed by atoms with Crippen LogP contribution < -0.4 is 5.73 Å². The van der Waals surface area contributed by atoms with Crippen molar-refractivity contribution in [3.05, 3.63) is 0 Å². The number of oxime groups is 1. The smallest absolute Gasteiger partial charge is 0.139 e. The number of carbonyl (C=O) groups excluding carboxylic acids is 1. The van der Waals surface area contributed by atoms with Gasteiger partial charge in [0, 0.05) is 30.2 Å². The molecule has 0 radical (unpaired) electrons. The van der Waals surface area contributed by atoms with Crippen molar-refractivity contribution in [2.45, 2.75) is 70.8 Å². The third-order valence-electron chi connectivity index (χ3n) is 9.00. The van der Waals surface area contributed by atoms with Crippen molar-refractivity contribution >= 4 is 11.5 Å². The summed E-state index contributed by atoms with van der Waals surface area (Å²) in [5, 5.41) is 26.1. The lowest BCUT2D eigenvalue weighted by Crippen LogP contribution is -2.66. The summed E-state index contributed by atoms with van der Waals surface area (Å²) in [6.45, 7) is 5.10. The van der Waals surface area contributed by atoms with Crippen molar-refractivity contribution in [1.82, 2.24) is 0 Å². The largest absolute Gasteiger partial charge is 0.395 e. The maximum absolute atomic E-state index is 12.6. The minimum atomic E-state index is -1.08. The van der Waals surface area contributed by atoms with Gasteiger partial charge in [0.2, 0.25) is 0 Å². The fourth-order valence-corrected chi connectivity index (χ4v) is 7.32. The number of fused-ring (bicyclic) bond motifs is 5. The molecule has 0 spiro atoms. The van der Waals surface area contributed by atoms with E-state index in [0.29, 0.717) is 56.0 Å². The van der Waals surface area contributed by atoms with E-state index in [0.717, 1.165) is 37.8 Å². The molecule has 7 atom stereocenters. The molecule has 0 unspecified atom stereocenters. The fourth-order valence-electron chi connectivity index (χ4n) is 7.32. The predicted octanol–water partition coefficient (Wildman–Crippen LogP) is 2.79. The first-order valence-corrected chi connectivity index (χ1v) is 10.8. The van der Waals surface area contributed by atoms with Crippen LogP contribution in [0.25, 0.3) is 0 Å². The molecular weight excluding hydrogens is 354 g/mol. The SMILES string of the molecule is C[C@]12CC[C@H]3[C@@H](C[C@@H](C#N)[C@@]4(O)C/C(=N\OCCN)CC[C@]34C)[C@@H]1CCC2=O. The van der Waals surface area contributed by atoms with E-state index in [9.17, 15) is 15.2 Å². The standard InChI is InChI=1S/C22H33N3O3/c1-20-7-6-18-16(17(20)3-4-19(20)26)11-14(13-24)22(27)12-15(25-28-10-9-23)5-8-21(18,22)2/h14,16-18,27H,3-12,23H2,1-2H3/b25-15-/t14-,16-,17-,18-,20-,21+,22-/m0/s1. The first-order chi connectivity index (χ1) is 13.3. The maximum Gasteiger partial charge on any atom is 0.139 e. The minimum absolute atomic E-state index is 0.218. The maximum atomic E-state index is 12.6. The van der Waals surface area contributed by atoms with Gasteiger partial charge in [0.25, 0.3) is 0 Å². The average molecular weight is 388 g/mol. The summed E-state index contributed by atoms with van der Waals surface area (Å²) in [4.78, 5) is 17.9. The third kappa shape index (κ3) is 2.59. The van der Waals surface area contributed by atoms with E-state index in [-0.39, 0.29) is 10.8 Å². The molecule has 0 bridgehead atoms. The van der Waals surface area contributed by atoms with E-state index < -0.39 is 11.5 Å². The molecule has 0 aromatic carbocycles. The molecule has 4 saturated carbocycles. The van der Waals surface area contributed by atoms with Crippen molar-refractivity contribution in [1.29, 1.82) is 5.26 Å². The number of aliphatic hydroxyl groups is 1. The number of hydrogen-bond acceptors (Lipinski definition) is 6. The molecule has 154 valence electrons. The Hall–Kier alpha value is -1.45. The van der Waals surface area contributed by atoms with Crippen molar-refractivity contribution in [2.75, 3.05) is 13.2 Å². The van der Waals surface area contributed by atoms with Gasteiger partial charge in [-0.15, -0.1) is 0 Å². The Kier molecular flexibility index (Phi) is 4.83. The minimum Gasteiger partial charge on any atom is -0.395 e. The highest BCUT2D eigenvalue weighted by molar-refractivity contribution is 5.87. The second-order valence-electron chi connectivity index (χ2n) is 10.0. The fraction of sp³-hybridized carbons (Fsp3) is 0.864. The molecule has 0 saturated heterocycles. The first-order valence-electron chi connectivity index (χ1n) is 10.8. The van der Waals surface area contributed by atoms with Crippen LogP contribution in [0.15, 0.2) is 5.16 Å². The molecule has 0 aliphatic heterocycles. The molecule has 0 amide bonds. The number of Topliss-reactive ketones (excluding diaryl/α,β-unsaturated/α-hetero) is 1. The molecule has 6 nitrogen and oxygen atoms in total. The van der Waals surface area contributed by atoms with Crippen LogP contribution >= 0.6 is 0 Å². The Morgan fingerprint density at radius 1 is 1.29 bits per heavy atom. The summed E-state index contributed by atoms with van der Waals surface area (Å²) < 4.78 is 0. The van der Waals surface area contributed by atoms with E-state index in [1.54, 1.807) is 0 Å². The van der Waals surface area contributed by atoms with Crippen LogP contribution in [0.1, 0.15) is 65.2 Å². The Labute approximate surface area is 167 Å². The number of rotatable bonds is 3. The van der Waals surface area contributed by atoms with Gasteiger partial charge >= 0.3 is 0 Å². The van der Waals surface area contributed by atoms with Crippen LogP contribution in [0.3, 0.4) is 0 Å². The quantitative estimate of drug-likeness (QED) is 0.572. The summed E-state index contributed by atoms with van der Waals surface area (Å²) >= 11 is 0. The second-order valence-corrected chi connectivity index (χ2v) is 10.0. The van der Waals surface area contributed by atoms with Crippen molar-refractivity contribution in [3.63, 3.8) is 0 Å². The number of nitriles is 1. The molecule has 0 aromatic rings. The molecule has 4 aliphatic carbocycles. The molecule has 4 fully saturated rings. The number of nitrogens with two attached hydrogens (primary N) is 1. The summed E-state index contributed by atoms with van der Waals surface area (Å²) in [5.41, 5.74) is 4.68. The molecule has 0 aromatic heterocycles. The van der Waals surface area contributed by atoms with Gasteiger partial charge in [0.05, 0.1) is 23.3 Å². The van der Waals surface area contributed by atoms with Gasteiger partial charge < -0.3 is 15.7 Å². The van der Waals surface area contributed by atoms with E-state index in [1.807, 2.05) is 0 Å². The van der Waals surface area contributed by atoms with Crippen LogP contribution in [0.5, 0.6) is 0 Å². The normalized spacial score (nSPS) is 49.1. The average Bonchev–Trinajstić information content (AvgIpc) is 2.97. The van der Waals surface area contributed by atoms with Gasteiger partial charge in [-0.05, 0) is 56.3 Å². The lowest BCUT2D eigenvalue weighted by Gasteiger charge is -2.64. The highest BCUT2D eigenvalue weighted by atomic mass is 16.6. The highest BCUT2D eigenvalue weighted by Crippen LogP contribution is 2.67. The molecule has 0 heterocycles. The van der Waals surface area contributed by atoms with Gasteiger partial charge in [0.1, 0.15) is 12.4 Å². The second kappa shape index (κ2) is 6.81. The van der Waals surface area contributed by atoms with E-state index in [4.69, 9.17) is 10.6 Å². The third-order valence-corrected chi connectivity index (χ3v) is 9.00.